The normalized spacial score (nSPS) is 19.9. The molecule has 2 heterocycles. The molecule has 0 radical (unpaired) electrons. The molecule has 18 heavy (non-hydrogen) atoms. The fourth-order valence-corrected chi connectivity index (χ4v) is 4.47. The summed E-state index contributed by atoms with van der Waals surface area (Å²) >= 11 is 1.77. The lowest BCUT2D eigenvalue weighted by Gasteiger charge is -2.14. The molecule has 0 aromatic carbocycles. The van der Waals surface area contributed by atoms with Crippen molar-refractivity contribution in [1.82, 2.24) is 9.71 Å². The SMILES string of the molecule is CCNc1cccnc1S(=O)(=O)NC1CCSC1. The number of sulfonamides is 1. The quantitative estimate of drug-likeness (QED) is 0.854. The third-order valence-electron chi connectivity index (χ3n) is 2.64. The van der Waals surface area contributed by atoms with Crippen molar-refractivity contribution in [3.63, 3.8) is 0 Å². The van der Waals surface area contributed by atoms with E-state index in [0.717, 1.165) is 17.9 Å². The maximum atomic E-state index is 12.3. The highest BCUT2D eigenvalue weighted by Gasteiger charge is 2.26. The second-order valence-corrected chi connectivity index (χ2v) is 6.85. The van der Waals surface area contributed by atoms with Crippen molar-refractivity contribution in [1.29, 1.82) is 0 Å². The van der Waals surface area contributed by atoms with Gasteiger partial charge < -0.3 is 5.32 Å². The first-order chi connectivity index (χ1) is 8.63. The van der Waals surface area contributed by atoms with Crippen LogP contribution in [0.4, 0.5) is 5.69 Å². The molecule has 5 nitrogen and oxygen atoms in total. The van der Waals surface area contributed by atoms with E-state index in [1.165, 1.54) is 6.20 Å². The average Bonchev–Trinajstić information content (AvgIpc) is 2.82. The second kappa shape index (κ2) is 5.90. The van der Waals surface area contributed by atoms with Gasteiger partial charge in [-0.3, -0.25) is 0 Å². The van der Waals surface area contributed by atoms with Crippen LogP contribution in [-0.2, 0) is 10.0 Å². The lowest BCUT2D eigenvalue weighted by molar-refractivity contribution is 0.560. The summed E-state index contributed by atoms with van der Waals surface area (Å²) in [4.78, 5) is 3.99. The zero-order valence-electron chi connectivity index (χ0n) is 10.2. The molecule has 0 aliphatic carbocycles. The molecule has 1 aliphatic heterocycles. The lowest BCUT2D eigenvalue weighted by Crippen LogP contribution is -2.35. The van der Waals surface area contributed by atoms with E-state index in [4.69, 9.17) is 0 Å². The molecule has 7 heteroatoms. The van der Waals surface area contributed by atoms with Gasteiger partial charge >= 0.3 is 0 Å². The molecule has 1 saturated heterocycles. The minimum atomic E-state index is -3.53. The van der Waals surface area contributed by atoms with E-state index in [-0.39, 0.29) is 11.1 Å². The number of anilines is 1. The minimum Gasteiger partial charge on any atom is -0.383 e. The zero-order chi connectivity index (χ0) is 13.0. The molecule has 1 fully saturated rings. The Bertz CT molecular complexity index is 499. The molecule has 1 atom stereocenters. The van der Waals surface area contributed by atoms with Crippen molar-refractivity contribution in [3.05, 3.63) is 18.3 Å². The van der Waals surface area contributed by atoms with Gasteiger partial charge in [0.05, 0.1) is 5.69 Å². The molecule has 1 unspecified atom stereocenters. The van der Waals surface area contributed by atoms with E-state index in [9.17, 15) is 8.42 Å². The van der Waals surface area contributed by atoms with E-state index in [1.807, 2.05) is 6.92 Å². The molecular weight excluding hydrogens is 270 g/mol. The van der Waals surface area contributed by atoms with Crippen LogP contribution in [0.15, 0.2) is 23.4 Å². The van der Waals surface area contributed by atoms with Gasteiger partial charge in [-0.25, -0.2) is 18.1 Å². The standard InChI is InChI=1S/C11H17N3O2S2/c1-2-12-10-4-3-6-13-11(10)18(15,16)14-9-5-7-17-8-9/h3-4,6,9,12,14H,2,5,7-8H2,1H3. The summed E-state index contributed by atoms with van der Waals surface area (Å²) in [6.45, 7) is 2.58. The monoisotopic (exact) mass is 287 g/mol. The van der Waals surface area contributed by atoms with Crippen LogP contribution < -0.4 is 10.0 Å². The number of pyridine rings is 1. The van der Waals surface area contributed by atoms with Crippen LogP contribution in [0.2, 0.25) is 0 Å². The Hall–Kier alpha value is -0.790. The summed E-state index contributed by atoms with van der Waals surface area (Å²) in [5, 5.41) is 3.11. The predicted molar refractivity (Wildman–Crippen MR) is 74.5 cm³/mol. The Morgan fingerprint density at radius 2 is 2.39 bits per heavy atom. The first-order valence-electron chi connectivity index (χ1n) is 5.92. The highest BCUT2D eigenvalue weighted by atomic mass is 32.2. The summed E-state index contributed by atoms with van der Waals surface area (Å²) in [6.07, 6.45) is 2.38. The summed E-state index contributed by atoms with van der Waals surface area (Å²) < 4.78 is 27.2. The summed E-state index contributed by atoms with van der Waals surface area (Å²) in [7, 11) is -3.53. The van der Waals surface area contributed by atoms with Gasteiger partial charge in [-0.05, 0) is 31.2 Å². The first-order valence-corrected chi connectivity index (χ1v) is 8.56. The van der Waals surface area contributed by atoms with Crippen LogP contribution in [0.3, 0.4) is 0 Å². The number of hydrogen-bond acceptors (Lipinski definition) is 5. The smallest absolute Gasteiger partial charge is 0.260 e. The summed E-state index contributed by atoms with van der Waals surface area (Å²) in [5.74, 6) is 1.85. The van der Waals surface area contributed by atoms with Crippen molar-refractivity contribution in [2.24, 2.45) is 0 Å². The number of nitrogens with zero attached hydrogens (tertiary/aromatic N) is 1. The Kier molecular flexibility index (Phi) is 4.47. The van der Waals surface area contributed by atoms with Gasteiger partial charge in [0.25, 0.3) is 10.0 Å². The van der Waals surface area contributed by atoms with Crippen LogP contribution >= 0.6 is 11.8 Å². The van der Waals surface area contributed by atoms with E-state index in [0.29, 0.717) is 12.2 Å². The fourth-order valence-electron chi connectivity index (χ4n) is 1.83. The van der Waals surface area contributed by atoms with Crippen LogP contribution in [-0.4, -0.2) is 37.5 Å². The highest BCUT2D eigenvalue weighted by Crippen LogP contribution is 2.22. The molecule has 0 spiro atoms. The average molecular weight is 287 g/mol. The maximum Gasteiger partial charge on any atom is 0.260 e. The number of thioether (sulfide) groups is 1. The number of rotatable bonds is 5. The molecule has 1 aromatic heterocycles. The Morgan fingerprint density at radius 1 is 1.56 bits per heavy atom. The Labute approximate surface area is 112 Å². The molecular formula is C11H17N3O2S2. The molecule has 1 aliphatic rings. The molecule has 0 saturated carbocycles. The third-order valence-corrected chi connectivity index (χ3v) is 5.28. The molecule has 1 aromatic rings. The third kappa shape index (κ3) is 3.15. The Morgan fingerprint density at radius 3 is 3.06 bits per heavy atom. The predicted octanol–water partition coefficient (Wildman–Crippen LogP) is 1.30. The number of hydrogen-bond donors (Lipinski definition) is 2. The Balaban J connectivity index is 2.22. The molecule has 2 rings (SSSR count). The zero-order valence-corrected chi connectivity index (χ0v) is 11.9. The van der Waals surface area contributed by atoms with Crippen molar-refractivity contribution in [2.75, 3.05) is 23.4 Å². The minimum absolute atomic E-state index is 0.0245. The van der Waals surface area contributed by atoms with Crippen molar-refractivity contribution in [3.8, 4) is 0 Å². The van der Waals surface area contributed by atoms with Gasteiger partial charge in [0, 0.05) is 24.5 Å². The van der Waals surface area contributed by atoms with Crippen LogP contribution in [0, 0.1) is 0 Å². The maximum absolute atomic E-state index is 12.3. The van der Waals surface area contributed by atoms with Crippen molar-refractivity contribution in [2.45, 2.75) is 24.4 Å². The number of aromatic nitrogens is 1. The molecule has 100 valence electrons. The van der Waals surface area contributed by atoms with Crippen LogP contribution in [0.25, 0.3) is 0 Å². The van der Waals surface area contributed by atoms with Gasteiger partial charge in [0.2, 0.25) is 0 Å². The van der Waals surface area contributed by atoms with E-state index in [1.54, 1.807) is 23.9 Å². The molecule has 2 N–H and O–H groups in total. The second-order valence-electron chi connectivity index (χ2n) is 4.07. The summed E-state index contributed by atoms with van der Waals surface area (Å²) in [6, 6.07) is 3.48. The van der Waals surface area contributed by atoms with Crippen LogP contribution in [0.1, 0.15) is 13.3 Å². The van der Waals surface area contributed by atoms with E-state index >= 15 is 0 Å². The molecule has 0 bridgehead atoms. The van der Waals surface area contributed by atoms with Crippen molar-refractivity contribution < 1.29 is 8.42 Å². The topological polar surface area (TPSA) is 71.1 Å². The first kappa shape index (κ1) is 13.6. The van der Waals surface area contributed by atoms with Crippen molar-refractivity contribution >= 4 is 27.5 Å². The highest BCUT2D eigenvalue weighted by molar-refractivity contribution is 7.99. The number of nitrogens with one attached hydrogen (secondary N) is 2. The van der Waals surface area contributed by atoms with Gasteiger partial charge in [0.1, 0.15) is 0 Å². The van der Waals surface area contributed by atoms with Gasteiger partial charge in [-0.2, -0.15) is 11.8 Å². The molecule has 0 amide bonds. The fraction of sp³-hybridized carbons (Fsp3) is 0.545. The van der Waals surface area contributed by atoms with Gasteiger partial charge in [-0.15, -0.1) is 0 Å². The summed E-state index contributed by atoms with van der Waals surface area (Å²) in [5.41, 5.74) is 0.554. The largest absolute Gasteiger partial charge is 0.383 e. The van der Waals surface area contributed by atoms with Gasteiger partial charge in [0.15, 0.2) is 5.03 Å². The van der Waals surface area contributed by atoms with Crippen LogP contribution in [0.5, 0.6) is 0 Å². The van der Waals surface area contributed by atoms with E-state index < -0.39 is 10.0 Å². The van der Waals surface area contributed by atoms with Gasteiger partial charge in [-0.1, -0.05) is 0 Å². The lowest BCUT2D eigenvalue weighted by atomic mass is 10.3. The van der Waals surface area contributed by atoms with E-state index in [2.05, 4.69) is 15.0 Å².